The van der Waals surface area contributed by atoms with Gasteiger partial charge in [0.15, 0.2) is 0 Å². The Morgan fingerprint density at radius 2 is 1.91 bits per heavy atom. The molecule has 3 fully saturated rings. The molecule has 3 saturated heterocycles. The lowest BCUT2D eigenvalue weighted by Crippen LogP contribution is -2.58. The highest BCUT2D eigenvalue weighted by Crippen LogP contribution is 2.30. The van der Waals surface area contributed by atoms with Gasteiger partial charge in [-0.05, 0) is 37.0 Å². The van der Waals surface area contributed by atoms with E-state index in [-0.39, 0.29) is 25.1 Å². The lowest BCUT2D eigenvalue weighted by Gasteiger charge is -2.47. The minimum absolute atomic E-state index is 0.0623. The molecule has 4 heterocycles. The van der Waals surface area contributed by atoms with E-state index in [1.807, 2.05) is 17.0 Å². The number of piperidine rings is 1. The Morgan fingerprint density at radius 3 is 2.56 bits per heavy atom. The minimum Gasteiger partial charge on any atom is -0.374 e. The predicted molar refractivity (Wildman–Crippen MR) is 127 cm³/mol. The molecule has 0 aliphatic carbocycles. The number of aromatic amines is 1. The lowest BCUT2D eigenvalue weighted by atomic mass is 9.96. The van der Waals surface area contributed by atoms with Crippen LogP contribution in [-0.2, 0) is 11.2 Å². The fourth-order valence-electron chi connectivity index (χ4n) is 5.47. The van der Waals surface area contributed by atoms with Gasteiger partial charge in [0, 0.05) is 56.3 Å². The smallest absolute Gasteiger partial charge is 0.261 e. The molecule has 5 rings (SSSR count). The molecule has 11 heteroatoms. The molecule has 3 aliphatic rings. The van der Waals surface area contributed by atoms with Gasteiger partial charge in [-0.2, -0.15) is 0 Å². The summed E-state index contributed by atoms with van der Waals surface area (Å²) >= 11 is 6.07. The Bertz CT molecular complexity index is 951. The molecule has 0 unspecified atom stereocenters. The molecular formula is C23H32ClF2N7O. The quantitative estimate of drug-likeness (QED) is 0.637. The van der Waals surface area contributed by atoms with Crippen LogP contribution in [0.15, 0.2) is 24.3 Å². The Hall–Kier alpha value is -2.01. The van der Waals surface area contributed by atoms with Crippen LogP contribution in [0.4, 0.5) is 20.7 Å². The summed E-state index contributed by atoms with van der Waals surface area (Å²) in [5.74, 6) is -1.55. The number of nitrogens with two attached hydrogens (primary N) is 1. The predicted octanol–water partition coefficient (Wildman–Crippen LogP) is 2.66. The van der Waals surface area contributed by atoms with Gasteiger partial charge in [-0.15, -0.1) is 10.2 Å². The Labute approximate surface area is 203 Å². The highest BCUT2D eigenvalue weighted by molar-refractivity contribution is 6.30. The van der Waals surface area contributed by atoms with E-state index in [4.69, 9.17) is 22.1 Å². The van der Waals surface area contributed by atoms with Gasteiger partial charge in [0.1, 0.15) is 0 Å². The zero-order valence-corrected chi connectivity index (χ0v) is 19.9. The monoisotopic (exact) mass is 495 g/mol. The fourth-order valence-corrected chi connectivity index (χ4v) is 5.60. The van der Waals surface area contributed by atoms with Crippen molar-refractivity contribution in [2.75, 3.05) is 56.5 Å². The van der Waals surface area contributed by atoms with Crippen LogP contribution >= 0.6 is 11.6 Å². The number of hydrogen-bond donors (Lipinski definition) is 2. The summed E-state index contributed by atoms with van der Waals surface area (Å²) < 4.78 is 33.6. The van der Waals surface area contributed by atoms with Gasteiger partial charge in [0.2, 0.25) is 11.9 Å². The first kappa shape index (κ1) is 23.7. The number of nitrogen functional groups attached to an aromatic ring is 1. The Balaban J connectivity index is 1.25. The standard InChI is InChI=1S/C23H32ClF2N7O/c24-17-3-1-16(2-4-17)11-19-14-34-20(12-31-10-7-23(25,26)15-31)13-33(19)18-5-8-32(9-6-18)22-28-21(27)29-30-22/h1-4,18-20H,5-15H2,(H3,27,28,29,30)/t19-,20-/m0/s1. The van der Waals surface area contributed by atoms with E-state index in [0.717, 1.165) is 43.9 Å². The molecule has 3 aliphatic heterocycles. The van der Waals surface area contributed by atoms with Gasteiger partial charge in [-0.25, -0.2) is 8.78 Å². The number of nitrogens with one attached hydrogen (secondary N) is 1. The van der Waals surface area contributed by atoms with Crippen LogP contribution < -0.4 is 10.6 Å². The Morgan fingerprint density at radius 1 is 1.15 bits per heavy atom. The zero-order valence-electron chi connectivity index (χ0n) is 19.2. The molecule has 0 amide bonds. The zero-order chi connectivity index (χ0) is 23.7. The van der Waals surface area contributed by atoms with E-state index >= 15 is 0 Å². The minimum atomic E-state index is -2.58. The van der Waals surface area contributed by atoms with Crippen molar-refractivity contribution in [1.29, 1.82) is 0 Å². The maximum absolute atomic E-state index is 13.7. The van der Waals surface area contributed by atoms with Crippen molar-refractivity contribution in [2.45, 2.75) is 49.8 Å². The summed E-state index contributed by atoms with van der Waals surface area (Å²) in [5.41, 5.74) is 6.91. The number of halogens is 3. The molecule has 0 saturated carbocycles. The number of rotatable bonds is 6. The van der Waals surface area contributed by atoms with Crippen LogP contribution in [0.25, 0.3) is 0 Å². The van der Waals surface area contributed by atoms with Crippen molar-refractivity contribution in [1.82, 2.24) is 25.0 Å². The van der Waals surface area contributed by atoms with Crippen LogP contribution in [0, 0.1) is 0 Å². The molecule has 0 bridgehead atoms. The normalized spacial score (nSPS) is 26.9. The molecule has 1 aromatic carbocycles. The summed E-state index contributed by atoms with van der Waals surface area (Å²) in [7, 11) is 0. The van der Waals surface area contributed by atoms with E-state index < -0.39 is 5.92 Å². The third-order valence-electron chi connectivity index (χ3n) is 7.23. The van der Waals surface area contributed by atoms with Gasteiger partial charge in [0.05, 0.1) is 19.3 Å². The number of anilines is 2. The third kappa shape index (κ3) is 5.62. The van der Waals surface area contributed by atoms with Crippen molar-refractivity contribution in [3.8, 4) is 0 Å². The van der Waals surface area contributed by atoms with Gasteiger partial charge in [-0.1, -0.05) is 23.7 Å². The summed E-state index contributed by atoms with van der Waals surface area (Å²) in [6.07, 6.45) is 2.69. The van der Waals surface area contributed by atoms with E-state index in [1.54, 1.807) is 0 Å². The van der Waals surface area contributed by atoms with E-state index in [1.165, 1.54) is 5.56 Å². The second kappa shape index (κ2) is 9.93. The average Bonchev–Trinajstić information content (AvgIpc) is 3.41. The van der Waals surface area contributed by atoms with E-state index in [0.29, 0.717) is 37.6 Å². The third-order valence-corrected chi connectivity index (χ3v) is 7.48. The molecule has 1 aromatic heterocycles. The molecule has 2 aromatic rings. The number of likely N-dealkylation sites (tertiary alicyclic amines) is 1. The second-order valence-corrected chi connectivity index (χ2v) is 10.2. The van der Waals surface area contributed by atoms with Gasteiger partial charge in [0.25, 0.3) is 5.92 Å². The molecule has 34 heavy (non-hydrogen) atoms. The first-order valence-corrected chi connectivity index (χ1v) is 12.4. The number of morpholine rings is 1. The molecule has 3 N–H and O–H groups in total. The second-order valence-electron chi connectivity index (χ2n) is 9.73. The molecular weight excluding hydrogens is 464 g/mol. The van der Waals surface area contributed by atoms with Crippen molar-refractivity contribution in [2.24, 2.45) is 0 Å². The van der Waals surface area contributed by atoms with Crippen LogP contribution in [0.1, 0.15) is 24.8 Å². The van der Waals surface area contributed by atoms with Crippen molar-refractivity contribution in [3.63, 3.8) is 0 Å². The van der Waals surface area contributed by atoms with Crippen molar-refractivity contribution < 1.29 is 13.5 Å². The largest absolute Gasteiger partial charge is 0.374 e. The average molecular weight is 496 g/mol. The van der Waals surface area contributed by atoms with Crippen LogP contribution in [0.5, 0.6) is 0 Å². The molecule has 0 radical (unpaired) electrons. The van der Waals surface area contributed by atoms with E-state index in [2.05, 4.69) is 37.1 Å². The van der Waals surface area contributed by atoms with Crippen molar-refractivity contribution >= 4 is 23.5 Å². The summed E-state index contributed by atoms with van der Waals surface area (Å²) in [6.45, 7) is 3.87. The first-order valence-electron chi connectivity index (χ1n) is 12.0. The number of ether oxygens (including phenoxy) is 1. The molecule has 8 nitrogen and oxygen atoms in total. The first-order chi connectivity index (χ1) is 16.3. The fraction of sp³-hybridized carbons (Fsp3) is 0.652. The van der Waals surface area contributed by atoms with Crippen molar-refractivity contribution in [3.05, 3.63) is 34.9 Å². The lowest BCUT2D eigenvalue weighted by molar-refractivity contribution is -0.0919. The number of hydrogen-bond acceptors (Lipinski definition) is 7. The van der Waals surface area contributed by atoms with Gasteiger partial charge in [-0.3, -0.25) is 14.8 Å². The number of H-pyrrole nitrogens is 1. The maximum Gasteiger partial charge on any atom is 0.261 e. The molecule has 0 spiro atoms. The number of benzene rings is 1. The summed E-state index contributed by atoms with van der Waals surface area (Å²) in [5, 5.41) is 8.72. The van der Waals surface area contributed by atoms with E-state index in [9.17, 15) is 8.78 Å². The van der Waals surface area contributed by atoms with Crippen LogP contribution in [-0.4, -0.2) is 95.0 Å². The van der Waals surface area contributed by atoms with Gasteiger partial charge < -0.3 is 15.4 Å². The number of alkyl halides is 2. The maximum atomic E-state index is 13.7. The summed E-state index contributed by atoms with van der Waals surface area (Å²) in [4.78, 5) is 9.59. The molecule has 2 atom stereocenters. The highest BCUT2D eigenvalue weighted by Gasteiger charge is 2.41. The number of aromatic nitrogens is 3. The van der Waals surface area contributed by atoms with Crippen LogP contribution in [0.2, 0.25) is 5.02 Å². The van der Waals surface area contributed by atoms with Gasteiger partial charge >= 0.3 is 0 Å². The number of nitrogens with zero attached hydrogens (tertiary/aromatic N) is 5. The summed E-state index contributed by atoms with van der Waals surface area (Å²) in [6, 6.07) is 8.59. The highest BCUT2D eigenvalue weighted by atomic mass is 35.5. The molecule has 186 valence electrons. The van der Waals surface area contributed by atoms with Crippen LogP contribution in [0.3, 0.4) is 0 Å². The SMILES string of the molecule is Nc1nnc(N2CCC(N3C[C@H](CN4CCC(F)(F)C4)OC[C@@H]3Cc3ccc(Cl)cc3)CC2)[nH]1. The Kier molecular flexibility index (Phi) is 6.92. The topological polar surface area (TPSA) is 86.5 Å².